The number of imidazole rings is 1. The molecule has 1 saturated heterocycles. The lowest BCUT2D eigenvalue weighted by Gasteiger charge is -2.27. The standard InChI is InChI=1S/C13H18N4O2S/c1-15(2)8-9-4-3-5-16(9)11-10(12(18)19)17-6-7-20-13(17)14-11/h6-7,9H,3-5,8H2,1-2H3,(H,18,19). The quantitative estimate of drug-likeness (QED) is 0.928. The minimum absolute atomic E-state index is 0.284. The summed E-state index contributed by atoms with van der Waals surface area (Å²) < 4.78 is 1.67. The zero-order valence-electron chi connectivity index (χ0n) is 11.6. The molecule has 0 bridgehead atoms. The van der Waals surface area contributed by atoms with Crippen LogP contribution >= 0.6 is 11.3 Å². The molecule has 1 aliphatic heterocycles. The molecule has 2 aromatic heterocycles. The van der Waals surface area contributed by atoms with E-state index in [4.69, 9.17) is 0 Å². The van der Waals surface area contributed by atoms with Gasteiger partial charge in [-0.05, 0) is 26.9 Å². The van der Waals surface area contributed by atoms with Crippen LogP contribution in [0, 0.1) is 0 Å². The molecule has 0 saturated carbocycles. The van der Waals surface area contributed by atoms with Gasteiger partial charge in [0.1, 0.15) is 0 Å². The third kappa shape index (κ3) is 2.16. The number of hydrogen-bond donors (Lipinski definition) is 1. The highest BCUT2D eigenvalue weighted by Gasteiger charge is 2.31. The van der Waals surface area contributed by atoms with E-state index in [9.17, 15) is 9.90 Å². The first kappa shape index (κ1) is 13.4. The third-order valence-corrected chi connectivity index (χ3v) is 4.43. The average molecular weight is 294 g/mol. The number of nitrogens with zero attached hydrogens (tertiary/aromatic N) is 4. The molecule has 0 spiro atoms. The molecule has 0 amide bonds. The Kier molecular flexibility index (Phi) is 3.39. The van der Waals surface area contributed by atoms with E-state index in [2.05, 4.69) is 14.8 Å². The number of thiazole rings is 1. The van der Waals surface area contributed by atoms with Crippen LogP contribution in [0.25, 0.3) is 4.96 Å². The van der Waals surface area contributed by atoms with Crippen molar-refractivity contribution >= 4 is 28.1 Å². The zero-order chi connectivity index (χ0) is 14.3. The summed E-state index contributed by atoms with van der Waals surface area (Å²) in [7, 11) is 4.08. The van der Waals surface area contributed by atoms with Crippen molar-refractivity contribution in [1.82, 2.24) is 14.3 Å². The van der Waals surface area contributed by atoms with E-state index in [0.29, 0.717) is 11.9 Å². The molecule has 20 heavy (non-hydrogen) atoms. The molecule has 0 radical (unpaired) electrons. The van der Waals surface area contributed by atoms with E-state index in [1.807, 2.05) is 19.5 Å². The van der Waals surface area contributed by atoms with Crippen LogP contribution in [0.4, 0.5) is 5.82 Å². The second-order valence-electron chi connectivity index (χ2n) is 5.40. The van der Waals surface area contributed by atoms with Crippen LogP contribution in [0.15, 0.2) is 11.6 Å². The molecule has 2 aromatic rings. The number of carboxylic acids is 1. The van der Waals surface area contributed by atoms with E-state index >= 15 is 0 Å². The van der Waals surface area contributed by atoms with E-state index in [1.54, 1.807) is 10.6 Å². The lowest BCUT2D eigenvalue weighted by Crippen LogP contribution is -2.38. The molecule has 1 fully saturated rings. The minimum Gasteiger partial charge on any atom is -0.476 e. The topological polar surface area (TPSA) is 61.1 Å². The summed E-state index contributed by atoms with van der Waals surface area (Å²) in [6, 6.07) is 0.340. The number of aromatic nitrogens is 2. The van der Waals surface area contributed by atoms with Gasteiger partial charge in [0, 0.05) is 30.7 Å². The van der Waals surface area contributed by atoms with E-state index in [1.165, 1.54) is 11.3 Å². The first-order valence-electron chi connectivity index (χ1n) is 6.68. The summed E-state index contributed by atoms with van der Waals surface area (Å²) in [5.41, 5.74) is 0.284. The second-order valence-corrected chi connectivity index (χ2v) is 6.27. The van der Waals surface area contributed by atoms with Crippen molar-refractivity contribution in [2.24, 2.45) is 0 Å². The van der Waals surface area contributed by atoms with Gasteiger partial charge in [-0.25, -0.2) is 9.78 Å². The van der Waals surface area contributed by atoms with Gasteiger partial charge >= 0.3 is 5.97 Å². The maximum Gasteiger partial charge on any atom is 0.356 e. The fourth-order valence-corrected chi connectivity index (χ4v) is 3.61. The van der Waals surface area contributed by atoms with Gasteiger partial charge in [-0.1, -0.05) is 0 Å². The van der Waals surface area contributed by atoms with Crippen molar-refractivity contribution in [1.29, 1.82) is 0 Å². The molecule has 0 aromatic carbocycles. The summed E-state index contributed by atoms with van der Waals surface area (Å²) in [6.45, 7) is 1.80. The highest BCUT2D eigenvalue weighted by atomic mass is 32.1. The fourth-order valence-electron chi connectivity index (χ4n) is 2.90. The Labute approximate surface area is 121 Å². The third-order valence-electron chi connectivity index (χ3n) is 3.67. The van der Waals surface area contributed by atoms with Crippen LogP contribution in [-0.4, -0.2) is 58.6 Å². The number of carboxylic acid groups (broad SMARTS) is 1. The van der Waals surface area contributed by atoms with Gasteiger partial charge in [-0.3, -0.25) is 4.40 Å². The number of carbonyl (C=O) groups is 1. The monoisotopic (exact) mass is 294 g/mol. The van der Waals surface area contributed by atoms with Gasteiger partial charge in [0.2, 0.25) is 0 Å². The lowest BCUT2D eigenvalue weighted by molar-refractivity contribution is 0.0690. The van der Waals surface area contributed by atoms with Crippen molar-refractivity contribution < 1.29 is 9.90 Å². The summed E-state index contributed by atoms with van der Waals surface area (Å²) in [5, 5.41) is 11.4. The summed E-state index contributed by atoms with van der Waals surface area (Å²) in [6.07, 6.45) is 3.95. The Morgan fingerprint density at radius 1 is 1.60 bits per heavy atom. The Bertz CT molecular complexity index is 633. The highest BCUT2D eigenvalue weighted by molar-refractivity contribution is 7.15. The molecular formula is C13H18N4O2S. The Balaban J connectivity index is 2.02. The molecule has 1 atom stereocenters. The average Bonchev–Trinajstić information content (AvgIpc) is 2.99. The molecule has 1 aliphatic rings. The molecule has 3 rings (SSSR count). The summed E-state index contributed by atoms with van der Waals surface area (Å²) in [4.78, 5) is 21.2. The Morgan fingerprint density at radius 2 is 2.40 bits per heavy atom. The predicted octanol–water partition coefficient (Wildman–Crippen LogP) is 1.62. The van der Waals surface area contributed by atoms with Crippen LogP contribution < -0.4 is 4.90 Å². The zero-order valence-corrected chi connectivity index (χ0v) is 12.4. The van der Waals surface area contributed by atoms with Crippen molar-refractivity contribution in [3.8, 4) is 0 Å². The second kappa shape index (κ2) is 5.06. The van der Waals surface area contributed by atoms with Crippen LogP contribution in [0.3, 0.4) is 0 Å². The van der Waals surface area contributed by atoms with E-state index in [0.717, 1.165) is 30.9 Å². The summed E-state index contributed by atoms with van der Waals surface area (Å²) in [5.74, 6) is -0.296. The first-order chi connectivity index (χ1) is 9.58. The van der Waals surface area contributed by atoms with Crippen molar-refractivity contribution in [3.05, 3.63) is 17.3 Å². The SMILES string of the molecule is CN(C)CC1CCCN1c1nc2sccn2c1C(=O)O. The highest BCUT2D eigenvalue weighted by Crippen LogP contribution is 2.30. The number of rotatable bonds is 4. The van der Waals surface area contributed by atoms with Gasteiger partial charge in [-0.15, -0.1) is 11.3 Å². The molecule has 3 heterocycles. The number of anilines is 1. The molecule has 7 heteroatoms. The number of fused-ring (bicyclic) bond motifs is 1. The van der Waals surface area contributed by atoms with E-state index in [-0.39, 0.29) is 5.69 Å². The maximum atomic E-state index is 11.6. The summed E-state index contributed by atoms with van der Waals surface area (Å²) >= 11 is 1.47. The lowest BCUT2D eigenvalue weighted by atomic mass is 10.2. The predicted molar refractivity (Wildman–Crippen MR) is 79.0 cm³/mol. The van der Waals surface area contributed by atoms with Gasteiger partial charge in [0.05, 0.1) is 0 Å². The van der Waals surface area contributed by atoms with Crippen LogP contribution in [0.1, 0.15) is 23.3 Å². The Morgan fingerprint density at radius 3 is 3.10 bits per heavy atom. The number of likely N-dealkylation sites (N-methyl/N-ethyl adjacent to an activating group) is 1. The first-order valence-corrected chi connectivity index (χ1v) is 7.56. The smallest absolute Gasteiger partial charge is 0.356 e. The van der Waals surface area contributed by atoms with Crippen molar-refractivity contribution in [3.63, 3.8) is 0 Å². The molecule has 1 unspecified atom stereocenters. The fraction of sp³-hybridized carbons (Fsp3) is 0.538. The largest absolute Gasteiger partial charge is 0.476 e. The Hall–Kier alpha value is -1.60. The number of aromatic carboxylic acids is 1. The molecular weight excluding hydrogens is 276 g/mol. The van der Waals surface area contributed by atoms with Gasteiger partial charge < -0.3 is 14.9 Å². The maximum absolute atomic E-state index is 11.6. The van der Waals surface area contributed by atoms with Crippen LogP contribution in [-0.2, 0) is 0 Å². The normalized spacial score (nSPS) is 19.4. The van der Waals surface area contributed by atoms with Crippen molar-refractivity contribution in [2.75, 3.05) is 32.1 Å². The van der Waals surface area contributed by atoms with Gasteiger partial charge in [0.25, 0.3) is 0 Å². The van der Waals surface area contributed by atoms with Gasteiger partial charge in [-0.2, -0.15) is 0 Å². The van der Waals surface area contributed by atoms with Crippen molar-refractivity contribution in [2.45, 2.75) is 18.9 Å². The van der Waals surface area contributed by atoms with E-state index < -0.39 is 5.97 Å². The van der Waals surface area contributed by atoms with Gasteiger partial charge in [0.15, 0.2) is 16.5 Å². The molecule has 0 aliphatic carbocycles. The van der Waals surface area contributed by atoms with Crippen LogP contribution in [0.2, 0.25) is 0 Å². The molecule has 6 nitrogen and oxygen atoms in total. The molecule has 108 valence electrons. The van der Waals surface area contributed by atoms with Crippen LogP contribution in [0.5, 0.6) is 0 Å². The minimum atomic E-state index is -0.915. The number of hydrogen-bond acceptors (Lipinski definition) is 5. The molecule has 1 N–H and O–H groups in total.